The van der Waals surface area contributed by atoms with Gasteiger partial charge in [0.15, 0.2) is 0 Å². The lowest BCUT2D eigenvalue weighted by Crippen LogP contribution is -2.43. The first-order valence-electron chi connectivity index (χ1n) is 3.80. The number of hydrogen-bond acceptors (Lipinski definition) is 2. The molecule has 2 aliphatic heterocycles. The van der Waals surface area contributed by atoms with Crippen LogP contribution in [0.25, 0.3) is 0 Å². The molecule has 2 aliphatic rings. The summed E-state index contributed by atoms with van der Waals surface area (Å²) in [5, 5.41) is 12.7. The summed E-state index contributed by atoms with van der Waals surface area (Å²) in [5.74, 6) is 0. The minimum absolute atomic E-state index is 0.0521. The number of nitrogens with one attached hydrogen (secondary N) is 1. The molecule has 3 atom stereocenters. The smallest absolute Gasteiger partial charge is 0.0693 e. The van der Waals surface area contributed by atoms with Gasteiger partial charge in [-0.2, -0.15) is 0 Å². The van der Waals surface area contributed by atoms with E-state index in [-0.39, 0.29) is 6.10 Å². The second-order valence-corrected chi connectivity index (χ2v) is 3.19. The molecule has 0 spiro atoms. The highest BCUT2D eigenvalue weighted by atomic mass is 16.3. The highest BCUT2D eigenvalue weighted by Gasteiger charge is 2.33. The third-order valence-corrected chi connectivity index (χ3v) is 2.55. The zero-order chi connectivity index (χ0) is 6.27. The van der Waals surface area contributed by atoms with Gasteiger partial charge in [0.2, 0.25) is 0 Å². The Morgan fingerprint density at radius 3 is 2.67 bits per heavy atom. The van der Waals surface area contributed by atoms with Gasteiger partial charge < -0.3 is 10.4 Å². The largest absolute Gasteiger partial charge is 0.392 e. The Labute approximate surface area is 55.3 Å². The standard InChI is InChI=1S/C7H13NO/c9-7-4-2-5-1-3-6(7)8-5/h5-9H,1-4H2/t5-,6+,7+/m0/s1. The van der Waals surface area contributed by atoms with E-state index in [9.17, 15) is 5.11 Å². The summed E-state index contributed by atoms with van der Waals surface area (Å²) in [6.07, 6.45) is 4.61. The van der Waals surface area contributed by atoms with Gasteiger partial charge in [0, 0.05) is 12.1 Å². The van der Waals surface area contributed by atoms with E-state index in [4.69, 9.17) is 0 Å². The van der Waals surface area contributed by atoms with Crippen LogP contribution in [0.3, 0.4) is 0 Å². The first-order valence-corrected chi connectivity index (χ1v) is 3.80. The molecular formula is C7H13NO. The molecule has 2 rings (SSSR count). The van der Waals surface area contributed by atoms with E-state index in [1.807, 2.05) is 0 Å². The Balaban J connectivity index is 2.05. The van der Waals surface area contributed by atoms with Gasteiger partial charge in [-0.1, -0.05) is 0 Å². The van der Waals surface area contributed by atoms with Crippen molar-refractivity contribution in [3.63, 3.8) is 0 Å². The molecule has 2 nitrogen and oxygen atoms in total. The molecular weight excluding hydrogens is 114 g/mol. The maximum atomic E-state index is 9.33. The molecule has 0 aliphatic carbocycles. The van der Waals surface area contributed by atoms with Crippen molar-refractivity contribution in [2.45, 2.75) is 43.9 Å². The molecule has 2 N–H and O–H groups in total. The van der Waals surface area contributed by atoms with Crippen LogP contribution < -0.4 is 5.32 Å². The van der Waals surface area contributed by atoms with Gasteiger partial charge in [-0.25, -0.2) is 0 Å². The minimum atomic E-state index is -0.0521. The highest BCUT2D eigenvalue weighted by molar-refractivity contribution is 4.93. The summed E-state index contributed by atoms with van der Waals surface area (Å²) < 4.78 is 0. The lowest BCUT2D eigenvalue weighted by atomic mass is 10.0. The molecule has 9 heavy (non-hydrogen) atoms. The molecule has 52 valence electrons. The number of aliphatic hydroxyl groups excluding tert-OH is 1. The van der Waals surface area contributed by atoms with Gasteiger partial charge in [0.05, 0.1) is 6.10 Å². The number of hydrogen-bond donors (Lipinski definition) is 2. The molecule has 0 aromatic rings. The van der Waals surface area contributed by atoms with Crippen LogP contribution in [0, 0.1) is 0 Å². The average molecular weight is 127 g/mol. The van der Waals surface area contributed by atoms with Gasteiger partial charge in [0.25, 0.3) is 0 Å². The van der Waals surface area contributed by atoms with Crippen LogP contribution in [0.5, 0.6) is 0 Å². The molecule has 2 heterocycles. The third-order valence-electron chi connectivity index (χ3n) is 2.55. The fourth-order valence-electron chi connectivity index (χ4n) is 1.95. The van der Waals surface area contributed by atoms with E-state index < -0.39 is 0 Å². The third kappa shape index (κ3) is 0.864. The topological polar surface area (TPSA) is 32.3 Å². The van der Waals surface area contributed by atoms with Crippen LogP contribution in [-0.4, -0.2) is 23.3 Å². The average Bonchev–Trinajstić information content (AvgIpc) is 2.25. The summed E-state index contributed by atoms with van der Waals surface area (Å²) in [5.41, 5.74) is 0. The van der Waals surface area contributed by atoms with Crippen molar-refractivity contribution in [3.8, 4) is 0 Å². The molecule has 0 aromatic carbocycles. The van der Waals surface area contributed by atoms with Gasteiger partial charge in [-0.15, -0.1) is 0 Å². The maximum absolute atomic E-state index is 9.33. The van der Waals surface area contributed by atoms with Crippen LogP contribution >= 0.6 is 0 Å². The zero-order valence-corrected chi connectivity index (χ0v) is 5.51. The Hall–Kier alpha value is -0.0800. The molecule has 0 unspecified atom stereocenters. The summed E-state index contributed by atoms with van der Waals surface area (Å²) in [7, 11) is 0. The first-order chi connectivity index (χ1) is 4.36. The van der Waals surface area contributed by atoms with Crippen LogP contribution in [-0.2, 0) is 0 Å². The van der Waals surface area contributed by atoms with Gasteiger partial charge >= 0.3 is 0 Å². The van der Waals surface area contributed by atoms with Crippen LogP contribution in [0.15, 0.2) is 0 Å². The van der Waals surface area contributed by atoms with Crippen molar-refractivity contribution in [1.29, 1.82) is 0 Å². The Morgan fingerprint density at radius 1 is 1.11 bits per heavy atom. The normalized spacial score (nSPS) is 49.7. The van der Waals surface area contributed by atoms with Crippen LogP contribution in [0.1, 0.15) is 25.7 Å². The molecule has 0 radical (unpaired) electrons. The molecule has 0 amide bonds. The number of rotatable bonds is 0. The quantitative estimate of drug-likeness (QED) is 0.489. The van der Waals surface area contributed by atoms with E-state index in [0.717, 1.165) is 12.5 Å². The summed E-state index contributed by atoms with van der Waals surface area (Å²) in [6.45, 7) is 0. The van der Waals surface area contributed by atoms with E-state index >= 15 is 0 Å². The van der Waals surface area contributed by atoms with Crippen molar-refractivity contribution < 1.29 is 5.11 Å². The predicted molar refractivity (Wildman–Crippen MR) is 35.2 cm³/mol. The first kappa shape index (κ1) is 5.69. The van der Waals surface area contributed by atoms with E-state index in [2.05, 4.69) is 5.32 Å². The monoisotopic (exact) mass is 127 g/mol. The second-order valence-electron chi connectivity index (χ2n) is 3.19. The predicted octanol–water partition coefficient (Wildman–Crippen LogP) is 0.262. The number of fused-ring (bicyclic) bond motifs is 2. The van der Waals surface area contributed by atoms with Crippen molar-refractivity contribution in [3.05, 3.63) is 0 Å². The van der Waals surface area contributed by atoms with E-state index in [0.29, 0.717) is 6.04 Å². The molecule has 2 saturated heterocycles. The minimum Gasteiger partial charge on any atom is -0.392 e. The highest BCUT2D eigenvalue weighted by Crippen LogP contribution is 2.26. The maximum Gasteiger partial charge on any atom is 0.0693 e. The Bertz CT molecular complexity index is 115. The van der Waals surface area contributed by atoms with Crippen molar-refractivity contribution in [2.24, 2.45) is 0 Å². The van der Waals surface area contributed by atoms with Crippen LogP contribution in [0.4, 0.5) is 0 Å². The lowest BCUT2D eigenvalue weighted by molar-refractivity contribution is 0.103. The summed E-state index contributed by atoms with van der Waals surface area (Å²) in [6, 6.07) is 1.17. The molecule has 0 saturated carbocycles. The van der Waals surface area contributed by atoms with E-state index in [1.165, 1.54) is 19.3 Å². The Morgan fingerprint density at radius 2 is 1.89 bits per heavy atom. The summed E-state index contributed by atoms with van der Waals surface area (Å²) in [4.78, 5) is 0. The number of piperidine rings is 1. The van der Waals surface area contributed by atoms with Crippen molar-refractivity contribution in [1.82, 2.24) is 5.32 Å². The Kier molecular flexibility index (Phi) is 1.24. The zero-order valence-electron chi connectivity index (χ0n) is 5.51. The molecule has 0 aromatic heterocycles. The van der Waals surface area contributed by atoms with Gasteiger partial charge in [-0.05, 0) is 25.7 Å². The van der Waals surface area contributed by atoms with E-state index in [1.54, 1.807) is 0 Å². The lowest BCUT2D eigenvalue weighted by Gasteiger charge is -2.25. The van der Waals surface area contributed by atoms with Crippen molar-refractivity contribution in [2.75, 3.05) is 0 Å². The number of aliphatic hydroxyl groups is 1. The SMILES string of the molecule is O[C@@H]1CC[C@@H]2CC[C@H]1N2. The fraction of sp³-hybridized carbons (Fsp3) is 1.00. The summed E-state index contributed by atoms with van der Waals surface area (Å²) >= 11 is 0. The molecule has 2 heteroatoms. The van der Waals surface area contributed by atoms with Crippen LogP contribution in [0.2, 0.25) is 0 Å². The van der Waals surface area contributed by atoms with Crippen molar-refractivity contribution >= 4 is 0 Å². The van der Waals surface area contributed by atoms with Gasteiger partial charge in [0.1, 0.15) is 0 Å². The molecule has 2 bridgehead atoms. The van der Waals surface area contributed by atoms with Gasteiger partial charge in [-0.3, -0.25) is 0 Å². The second kappa shape index (κ2) is 1.96. The fourth-order valence-corrected chi connectivity index (χ4v) is 1.95. The molecule has 2 fully saturated rings.